The van der Waals surface area contributed by atoms with E-state index in [1.54, 1.807) is 0 Å². The summed E-state index contributed by atoms with van der Waals surface area (Å²) in [6.07, 6.45) is 0. The van der Waals surface area contributed by atoms with E-state index in [2.05, 4.69) is 238 Å². The average molecular weight is 824 g/mol. The van der Waals surface area contributed by atoms with Crippen LogP contribution in [0.2, 0.25) is 0 Å². The number of aromatic nitrogens is 2. The number of hydrogen-bond donors (Lipinski definition) is 0. The maximum atomic E-state index is 2.58. The Hall–Kier alpha value is -8.66. The molecule has 13 aromatic carbocycles. The van der Waals surface area contributed by atoms with Crippen LogP contribution in [0.5, 0.6) is 0 Å². The number of fused-ring (bicyclic) bond motifs is 6. The van der Waals surface area contributed by atoms with Crippen molar-refractivity contribution in [3.05, 3.63) is 224 Å². The van der Waals surface area contributed by atoms with Crippen molar-refractivity contribution in [2.45, 2.75) is 0 Å². The molecule has 15 aromatic rings. The number of para-hydroxylation sites is 4. The van der Waals surface area contributed by atoms with E-state index in [9.17, 15) is 0 Å². The van der Waals surface area contributed by atoms with Crippen molar-refractivity contribution in [3.63, 3.8) is 0 Å². The lowest BCUT2D eigenvalue weighted by Crippen LogP contribution is -2.13. The summed E-state index contributed by atoms with van der Waals surface area (Å²) < 4.78 is 4.94. The predicted octanol–water partition coefficient (Wildman–Crippen LogP) is 17.1. The molecule has 0 radical (unpaired) electrons. The minimum Gasteiger partial charge on any atom is -0.309 e. The molecule has 0 saturated heterocycles. The third-order valence-electron chi connectivity index (χ3n) is 14.3. The first-order valence-electron chi connectivity index (χ1n) is 22.5. The van der Waals surface area contributed by atoms with Crippen LogP contribution in [0.15, 0.2) is 224 Å². The second-order valence-corrected chi connectivity index (χ2v) is 17.6. The SMILES string of the molecule is c1ccc(-n2c3ccccc3c3ccc(-n4c5ccccc5c5cccc(N(c6ccc7ccc8cccc9ccc6c7c89)c6ccc7ccc8cccc9ccc6c7c89)c54)cc32)cc1. The van der Waals surface area contributed by atoms with Crippen LogP contribution in [0.25, 0.3) is 120 Å². The number of hydrogen-bond acceptors (Lipinski definition) is 1. The normalized spacial score (nSPS) is 12.3. The lowest BCUT2D eigenvalue weighted by molar-refractivity contribution is 1.15. The van der Waals surface area contributed by atoms with Gasteiger partial charge in [-0.05, 0) is 108 Å². The number of anilines is 3. The Morgan fingerprint density at radius 3 is 1.31 bits per heavy atom. The van der Waals surface area contributed by atoms with Crippen molar-refractivity contribution in [2.24, 2.45) is 0 Å². The van der Waals surface area contributed by atoms with Crippen LogP contribution in [0, 0.1) is 0 Å². The second-order valence-electron chi connectivity index (χ2n) is 17.6. The van der Waals surface area contributed by atoms with Crippen molar-refractivity contribution in [2.75, 3.05) is 4.90 Å². The van der Waals surface area contributed by atoms with E-state index in [1.807, 2.05) is 0 Å². The lowest BCUT2D eigenvalue weighted by Gasteiger charge is -2.30. The number of rotatable bonds is 5. The Morgan fingerprint density at radius 2 is 0.692 bits per heavy atom. The van der Waals surface area contributed by atoms with E-state index >= 15 is 0 Å². The van der Waals surface area contributed by atoms with E-state index in [-0.39, 0.29) is 0 Å². The molecule has 0 aliphatic heterocycles. The molecule has 0 unspecified atom stereocenters. The lowest BCUT2D eigenvalue weighted by atomic mass is 9.91. The zero-order valence-corrected chi connectivity index (χ0v) is 35.2. The molecule has 0 bridgehead atoms. The zero-order chi connectivity index (χ0) is 42.3. The largest absolute Gasteiger partial charge is 0.309 e. The van der Waals surface area contributed by atoms with E-state index in [1.165, 1.54) is 103 Å². The highest BCUT2D eigenvalue weighted by Crippen LogP contribution is 2.50. The molecule has 0 N–H and O–H groups in total. The molecular weight excluding hydrogens is 787 g/mol. The molecule has 3 nitrogen and oxygen atoms in total. The first-order chi connectivity index (χ1) is 32.3. The van der Waals surface area contributed by atoms with Crippen molar-refractivity contribution < 1.29 is 0 Å². The van der Waals surface area contributed by atoms with Crippen molar-refractivity contribution in [1.82, 2.24) is 9.13 Å². The average Bonchev–Trinajstić information content (AvgIpc) is 3.89. The molecule has 0 aliphatic carbocycles. The molecule has 0 fully saturated rings. The Balaban J connectivity index is 1.09. The van der Waals surface area contributed by atoms with Gasteiger partial charge >= 0.3 is 0 Å². The fourth-order valence-corrected chi connectivity index (χ4v) is 11.6. The third-order valence-corrected chi connectivity index (χ3v) is 14.3. The number of nitrogens with zero attached hydrogens (tertiary/aromatic N) is 3. The molecule has 0 atom stereocenters. The smallest absolute Gasteiger partial charge is 0.0782 e. The van der Waals surface area contributed by atoms with Gasteiger partial charge in [0.25, 0.3) is 0 Å². The van der Waals surface area contributed by atoms with Gasteiger partial charge in [-0.2, -0.15) is 0 Å². The quantitative estimate of drug-likeness (QED) is 0.158. The summed E-state index contributed by atoms with van der Waals surface area (Å²) in [5.74, 6) is 0. The third kappa shape index (κ3) is 4.74. The van der Waals surface area contributed by atoms with Crippen molar-refractivity contribution >= 4 is 125 Å². The molecule has 300 valence electrons. The minimum absolute atomic E-state index is 1.11. The molecule has 15 rings (SSSR count). The fourth-order valence-electron chi connectivity index (χ4n) is 11.6. The van der Waals surface area contributed by atoms with E-state index < -0.39 is 0 Å². The molecule has 65 heavy (non-hydrogen) atoms. The summed E-state index contributed by atoms with van der Waals surface area (Å²) in [5, 5.41) is 20.1. The summed E-state index contributed by atoms with van der Waals surface area (Å²) in [6.45, 7) is 0. The highest BCUT2D eigenvalue weighted by Gasteiger charge is 2.26. The van der Waals surface area contributed by atoms with Gasteiger partial charge in [-0.3, -0.25) is 0 Å². The molecule has 0 amide bonds. The van der Waals surface area contributed by atoms with Crippen LogP contribution in [-0.2, 0) is 0 Å². The topological polar surface area (TPSA) is 13.1 Å². The first kappa shape index (κ1) is 34.9. The Kier molecular flexibility index (Phi) is 6.95. The molecule has 2 aromatic heterocycles. The van der Waals surface area contributed by atoms with Gasteiger partial charge in [-0.25, -0.2) is 0 Å². The van der Waals surface area contributed by atoms with Crippen LogP contribution in [0.4, 0.5) is 17.1 Å². The van der Waals surface area contributed by atoms with E-state index in [4.69, 9.17) is 0 Å². The van der Waals surface area contributed by atoms with Crippen molar-refractivity contribution in [3.8, 4) is 11.4 Å². The Morgan fingerprint density at radius 1 is 0.246 bits per heavy atom. The fraction of sp³-hybridized carbons (Fsp3) is 0. The maximum absolute atomic E-state index is 2.58. The summed E-state index contributed by atoms with van der Waals surface area (Å²) in [5.41, 5.74) is 10.4. The van der Waals surface area contributed by atoms with Gasteiger partial charge in [0.2, 0.25) is 0 Å². The predicted molar refractivity (Wildman–Crippen MR) is 277 cm³/mol. The Labute approximate surface area is 373 Å². The summed E-state index contributed by atoms with van der Waals surface area (Å²) in [4.78, 5) is 2.58. The molecule has 3 heteroatoms. The molecule has 0 saturated carbocycles. The van der Waals surface area contributed by atoms with Gasteiger partial charge in [0, 0.05) is 43.7 Å². The van der Waals surface area contributed by atoms with Gasteiger partial charge in [0.1, 0.15) is 0 Å². The van der Waals surface area contributed by atoms with Crippen LogP contribution in [-0.4, -0.2) is 9.13 Å². The van der Waals surface area contributed by atoms with E-state index in [0.717, 1.165) is 34.0 Å². The van der Waals surface area contributed by atoms with Gasteiger partial charge < -0.3 is 14.0 Å². The highest BCUT2D eigenvalue weighted by atomic mass is 15.2. The second kappa shape index (κ2) is 12.9. The standard InChI is InChI=1S/C62H37N3/c1-2-15-44(16-3-1)63-52-20-6-4-17-46(52)48-34-31-45(37-57(48)63)64-53-21-7-5-18-47(53)49-19-10-22-56(62(49)64)65(54-35-29-42-25-23-38-11-8-13-40-27-32-50(54)60(42)58(38)40)55-36-30-43-26-24-39-12-9-14-41-28-33-51(55)61(43)59(39)41/h1-37H. The van der Waals surface area contributed by atoms with Crippen LogP contribution < -0.4 is 4.90 Å². The van der Waals surface area contributed by atoms with Crippen molar-refractivity contribution in [1.29, 1.82) is 0 Å². The monoisotopic (exact) mass is 823 g/mol. The van der Waals surface area contributed by atoms with Gasteiger partial charge in [0.15, 0.2) is 0 Å². The molecule has 0 spiro atoms. The van der Waals surface area contributed by atoms with Gasteiger partial charge in [0.05, 0.1) is 39.1 Å². The molecule has 0 aliphatic rings. The van der Waals surface area contributed by atoms with Crippen LogP contribution in [0.3, 0.4) is 0 Å². The van der Waals surface area contributed by atoms with Crippen LogP contribution >= 0.6 is 0 Å². The summed E-state index contributed by atoms with van der Waals surface area (Å²) in [7, 11) is 0. The summed E-state index contributed by atoms with van der Waals surface area (Å²) in [6, 6.07) is 83.6. The highest BCUT2D eigenvalue weighted by molar-refractivity contribution is 6.29. The van der Waals surface area contributed by atoms with E-state index in [0.29, 0.717) is 0 Å². The minimum atomic E-state index is 1.11. The van der Waals surface area contributed by atoms with Gasteiger partial charge in [-0.1, -0.05) is 170 Å². The molecule has 2 heterocycles. The summed E-state index contributed by atoms with van der Waals surface area (Å²) >= 11 is 0. The first-order valence-corrected chi connectivity index (χ1v) is 22.5. The number of benzene rings is 13. The molecular formula is C62H37N3. The maximum Gasteiger partial charge on any atom is 0.0782 e. The zero-order valence-electron chi connectivity index (χ0n) is 35.2. The Bertz CT molecular complexity index is 4240. The van der Waals surface area contributed by atoms with Gasteiger partial charge in [-0.15, -0.1) is 0 Å². The van der Waals surface area contributed by atoms with Crippen LogP contribution in [0.1, 0.15) is 0 Å².